The Balaban J connectivity index is 2.16. The number of benzene rings is 1. The molecule has 0 heterocycles. The Bertz CT molecular complexity index is 471. The van der Waals surface area contributed by atoms with Crippen LogP contribution in [-0.4, -0.2) is 10.7 Å². The number of hydrogen-bond acceptors (Lipinski definition) is 3. The summed E-state index contributed by atoms with van der Waals surface area (Å²) in [6.07, 6.45) is 11.4. The largest absolute Gasteiger partial charge is 0.294 e. The van der Waals surface area contributed by atoms with Gasteiger partial charge in [0.1, 0.15) is 0 Å². The van der Waals surface area contributed by atoms with Gasteiger partial charge in [0, 0.05) is 24.1 Å². The second kappa shape index (κ2) is 10.9. The number of non-ortho nitro benzene ring substituents is 1. The molecule has 122 valence electrons. The van der Waals surface area contributed by atoms with Crippen LogP contribution in [0.3, 0.4) is 0 Å². The molecule has 0 spiro atoms. The van der Waals surface area contributed by atoms with Gasteiger partial charge in [0.15, 0.2) is 5.78 Å². The zero-order chi connectivity index (χ0) is 16.2. The highest BCUT2D eigenvalue weighted by molar-refractivity contribution is 5.96. The van der Waals surface area contributed by atoms with Gasteiger partial charge in [-0.25, -0.2) is 0 Å². The number of unbranched alkanes of at least 4 members (excludes halogenated alkanes) is 8. The molecule has 0 N–H and O–H groups in total. The molecule has 22 heavy (non-hydrogen) atoms. The summed E-state index contributed by atoms with van der Waals surface area (Å²) in [5.41, 5.74) is 0.437. The molecule has 4 heteroatoms. The highest BCUT2D eigenvalue weighted by Crippen LogP contribution is 2.16. The number of nitro groups is 1. The average Bonchev–Trinajstić information content (AvgIpc) is 2.53. The summed E-state index contributed by atoms with van der Waals surface area (Å²) in [6.45, 7) is 2.22. The van der Waals surface area contributed by atoms with Gasteiger partial charge in [0.2, 0.25) is 0 Å². The molecule has 0 aliphatic carbocycles. The molecule has 4 nitrogen and oxygen atoms in total. The Kier molecular flexibility index (Phi) is 9.12. The van der Waals surface area contributed by atoms with Crippen LogP contribution in [0.4, 0.5) is 5.69 Å². The summed E-state index contributed by atoms with van der Waals surface area (Å²) >= 11 is 0. The number of Topliss-reactive ketones (excluding diaryl/α,β-unsaturated/α-hetero) is 1. The topological polar surface area (TPSA) is 60.2 Å². The highest BCUT2D eigenvalue weighted by atomic mass is 16.6. The Labute approximate surface area is 133 Å². The minimum Gasteiger partial charge on any atom is -0.294 e. The van der Waals surface area contributed by atoms with Crippen molar-refractivity contribution in [2.75, 3.05) is 0 Å². The van der Waals surface area contributed by atoms with Crippen LogP contribution in [0.1, 0.15) is 81.5 Å². The van der Waals surface area contributed by atoms with E-state index >= 15 is 0 Å². The summed E-state index contributed by atoms with van der Waals surface area (Å²) in [4.78, 5) is 22.2. The van der Waals surface area contributed by atoms with Gasteiger partial charge in [-0.3, -0.25) is 14.9 Å². The summed E-state index contributed by atoms with van der Waals surface area (Å²) in [6, 6.07) is 6.01. The standard InChI is InChI=1S/C18H27NO3/c1-2-3-4-5-6-7-8-9-10-14-18(20)16-12-11-13-17(15-16)19(21)22/h11-13,15H,2-10,14H2,1H3. The number of ketones is 1. The fraction of sp³-hybridized carbons (Fsp3) is 0.611. The molecule has 1 aromatic carbocycles. The van der Waals surface area contributed by atoms with E-state index in [0.29, 0.717) is 12.0 Å². The average molecular weight is 305 g/mol. The van der Waals surface area contributed by atoms with Gasteiger partial charge in [-0.1, -0.05) is 70.4 Å². The predicted molar refractivity (Wildman–Crippen MR) is 89.3 cm³/mol. The third-order valence-corrected chi connectivity index (χ3v) is 3.89. The van der Waals surface area contributed by atoms with E-state index < -0.39 is 4.92 Å². The zero-order valence-corrected chi connectivity index (χ0v) is 13.6. The molecule has 0 saturated heterocycles. The number of rotatable bonds is 12. The van der Waals surface area contributed by atoms with Crippen molar-refractivity contribution >= 4 is 11.5 Å². The lowest BCUT2D eigenvalue weighted by atomic mass is 10.0. The first-order valence-corrected chi connectivity index (χ1v) is 8.42. The molecule has 0 unspecified atom stereocenters. The summed E-state index contributed by atoms with van der Waals surface area (Å²) in [5.74, 6) is 0.00615. The molecule has 0 atom stereocenters. The number of hydrogen-bond donors (Lipinski definition) is 0. The molecular weight excluding hydrogens is 278 g/mol. The van der Waals surface area contributed by atoms with Gasteiger partial charge in [0.25, 0.3) is 5.69 Å². The Morgan fingerprint density at radius 1 is 1.00 bits per heavy atom. The van der Waals surface area contributed by atoms with Crippen molar-refractivity contribution in [1.29, 1.82) is 0 Å². The molecule has 0 aliphatic rings. The molecule has 0 radical (unpaired) electrons. The van der Waals surface area contributed by atoms with E-state index in [0.717, 1.165) is 12.8 Å². The third-order valence-electron chi connectivity index (χ3n) is 3.89. The number of nitrogens with zero attached hydrogens (tertiary/aromatic N) is 1. The highest BCUT2D eigenvalue weighted by Gasteiger charge is 2.10. The Morgan fingerprint density at radius 2 is 1.59 bits per heavy atom. The summed E-state index contributed by atoms with van der Waals surface area (Å²) < 4.78 is 0. The van der Waals surface area contributed by atoms with Gasteiger partial charge in [-0.05, 0) is 6.42 Å². The van der Waals surface area contributed by atoms with E-state index in [9.17, 15) is 14.9 Å². The molecule has 1 rings (SSSR count). The second-order valence-corrected chi connectivity index (χ2v) is 5.81. The predicted octanol–water partition coefficient (Wildman–Crippen LogP) is 5.70. The van der Waals surface area contributed by atoms with E-state index in [2.05, 4.69) is 6.92 Å². The van der Waals surface area contributed by atoms with Crippen molar-refractivity contribution in [2.45, 2.75) is 71.1 Å². The second-order valence-electron chi connectivity index (χ2n) is 5.81. The maximum absolute atomic E-state index is 12.0. The van der Waals surface area contributed by atoms with Crippen molar-refractivity contribution in [3.8, 4) is 0 Å². The fourth-order valence-electron chi connectivity index (χ4n) is 2.53. The van der Waals surface area contributed by atoms with Crippen molar-refractivity contribution in [2.24, 2.45) is 0 Å². The first-order valence-electron chi connectivity index (χ1n) is 8.42. The number of carbonyl (C=O) groups is 1. The fourth-order valence-corrected chi connectivity index (χ4v) is 2.53. The van der Waals surface area contributed by atoms with Crippen LogP contribution < -0.4 is 0 Å². The lowest BCUT2D eigenvalue weighted by molar-refractivity contribution is -0.384. The van der Waals surface area contributed by atoms with E-state index in [1.807, 2.05) is 0 Å². The zero-order valence-electron chi connectivity index (χ0n) is 13.6. The molecule has 0 aromatic heterocycles. The smallest absolute Gasteiger partial charge is 0.270 e. The number of nitro benzene ring substituents is 1. The number of carbonyl (C=O) groups excluding carboxylic acids is 1. The third kappa shape index (κ3) is 7.34. The maximum Gasteiger partial charge on any atom is 0.270 e. The van der Waals surface area contributed by atoms with E-state index in [-0.39, 0.29) is 11.5 Å². The Morgan fingerprint density at radius 3 is 2.18 bits per heavy atom. The summed E-state index contributed by atoms with van der Waals surface area (Å²) in [5, 5.41) is 10.7. The first kappa shape index (κ1) is 18.3. The Hall–Kier alpha value is -1.71. The monoisotopic (exact) mass is 305 g/mol. The van der Waals surface area contributed by atoms with Crippen LogP contribution in [0, 0.1) is 10.1 Å². The molecular formula is C18H27NO3. The molecule has 0 fully saturated rings. The van der Waals surface area contributed by atoms with Gasteiger partial charge in [0.05, 0.1) is 4.92 Å². The molecule has 1 aromatic rings. The molecule has 0 bridgehead atoms. The van der Waals surface area contributed by atoms with Crippen LogP contribution in [-0.2, 0) is 0 Å². The van der Waals surface area contributed by atoms with Crippen LogP contribution in [0.25, 0.3) is 0 Å². The van der Waals surface area contributed by atoms with E-state index in [1.54, 1.807) is 12.1 Å². The van der Waals surface area contributed by atoms with Crippen LogP contribution in [0.15, 0.2) is 24.3 Å². The minimum atomic E-state index is -0.463. The van der Waals surface area contributed by atoms with Crippen molar-refractivity contribution in [3.05, 3.63) is 39.9 Å². The maximum atomic E-state index is 12.0. The van der Waals surface area contributed by atoms with E-state index in [4.69, 9.17) is 0 Å². The molecule has 0 aliphatic heterocycles. The van der Waals surface area contributed by atoms with Gasteiger partial charge in [-0.15, -0.1) is 0 Å². The van der Waals surface area contributed by atoms with Gasteiger partial charge in [-0.2, -0.15) is 0 Å². The van der Waals surface area contributed by atoms with Crippen molar-refractivity contribution in [3.63, 3.8) is 0 Å². The lowest BCUT2D eigenvalue weighted by Crippen LogP contribution is -2.00. The summed E-state index contributed by atoms with van der Waals surface area (Å²) in [7, 11) is 0. The van der Waals surface area contributed by atoms with Crippen molar-refractivity contribution < 1.29 is 9.72 Å². The van der Waals surface area contributed by atoms with Gasteiger partial charge < -0.3 is 0 Å². The first-order chi connectivity index (χ1) is 10.6. The van der Waals surface area contributed by atoms with Crippen molar-refractivity contribution in [1.82, 2.24) is 0 Å². The minimum absolute atomic E-state index is 0.00615. The van der Waals surface area contributed by atoms with Crippen LogP contribution in [0.2, 0.25) is 0 Å². The lowest BCUT2D eigenvalue weighted by Gasteiger charge is -2.03. The van der Waals surface area contributed by atoms with Crippen LogP contribution >= 0.6 is 0 Å². The quantitative estimate of drug-likeness (QED) is 0.215. The van der Waals surface area contributed by atoms with Gasteiger partial charge >= 0.3 is 0 Å². The van der Waals surface area contributed by atoms with E-state index in [1.165, 1.54) is 57.1 Å². The molecule has 0 amide bonds. The SMILES string of the molecule is CCCCCCCCCCCC(=O)c1cccc([N+](=O)[O-])c1. The van der Waals surface area contributed by atoms with Crippen LogP contribution in [0.5, 0.6) is 0 Å². The molecule has 0 saturated carbocycles. The normalized spacial score (nSPS) is 10.6.